The van der Waals surface area contributed by atoms with Crippen molar-refractivity contribution in [1.82, 2.24) is 4.90 Å². The molecular weight excluding hydrogens is 257 g/mol. The first-order valence-corrected chi connectivity index (χ1v) is 6.28. The van der Waals surface area contributed by atoms with Gasteiger partial charge in [0.25, 0.3) is 0 Å². The highest BCUT2D eigenvalue weighted by molar-refractivity contribution is 6.31. The zero-order valence-corrected chi connectivity index (χ0v) is 11.2. The minimum Gasteiger partial charge on any atom is -0.481 e. The van der Waals surface area contributed by atoms with E-state index in [1.54, 1.807) is 6.07 Å². The summed E-state index contributed by atoms with van der Waals surface area (Å²) in [6.07, 6.45) is -0.0486. The van der Waals surface area contributed by atoms with E-state index in [1.807, 2.05) is 18.7 Å². The van der Waals surface area contributed by atoms with Gasteiger partial charge in [-0.3, -0.25) is 9.69 Å². The van der Waals surface area contributed by atoms with Crippen LogP contribution in [0.5, 0.6) is 0 Å². The summed E-state index contributed by atoms with van der Waals surface area (Å²) in [7, 11) is 0. The number of carbonyl (C=O) groups is 1. The van der Waals surface area contributed by atoms with Crippen LogP contribution in [0.2, 0.25) is 5.02 Å². The minimum atomic E-state index is -0.896. The number of halogens is 2. The number of hydrogen-bond acceptors (Lipinski definition) is 2. The molecule has 100 valence electrons. The molecule has 0 amide bonds. The highest BCUT2D eigenvalue weighted by Crippen LogP contribution is 2.30. The zero-order valence-electron chi connectivity index (χ0n) is 10.5. The summed E-state index contributed by atoms with van der Waals surface area (Å²) in [5.74, 6) is -1.32. The van der Waals surface area contributed by atoms with Crippen molar-refractivity contribution in [3.63, 3.8) is 0 Å². The summed E-state index contributed by atoms with van der Waals surface area (Å²) < 4.78 is 13.0. The molecule has 0 fully saturated rings. The lowest BCUT2D eigenvalue weighted by Crippen LogP contribution is -2.30. The van der Waals surface area contributed by atoms with Crippen LogP contribution in [0.25, 0.3) is 0 Å². The Kier molecular flexibility index (Phi) is 5.56. The molecule has 18 heavy (non-hydrogen) atoms. The van der Waals surface area contributed by atoms with E-state index in [9.17, 15) is 9.18 Å². The lowest BCUT2D eigenvalue weighted by molar-refractivity contribution is -0.138. The Hall–Kier alpha value is -1.13. The molecule has 0 heterocycles. The van der Waals surface area contributed by atoms with Crippen molar-refractivity contribution in [3.05, 3.63) is 34.6 Å². The fraction of sp³-hybridized carbons (Fsp3) is 0.462. The van der Waals surface area contributed by atoms with Crippen molar-refractivity contribution >= 4 is 17.6 Å². The topological polar surface area (TPSA) is 40.5 Å². The molecule has 0 saturated carbocycles. The van der Waals surface area contributed by atoms with Crippen molar-refractivity contribution < 1.29 is 14.3 Å². The first-order valence-electron chi connectivity index (χ1n) is 5.90. The third-order valence-corrected chi connectivity index (χ3v) is 3.27. The average molecular weight is 274 g/mol. The predicted octanol–water partition coefficient (Wildman–Crippen LogP) is 3.34. The largest absolute Gasteiger partial charge is 0.481 e. The summed E-state index contributed by atoms with van der Waals surface area (Å²) >= 11 is 6.01. The molecule has 0 aliphatic carbocycles. The SMILES string of the molecule is CCN(CC)C(CC(=O)O)c1ccc(F)cc1Cl. The highest BCUT2D eigenvalue weighted by atomic mass is 35.5. The molecule has 0 aromatic heterocycles. The Morgan fingerprint density at radius 1 is 1.44 bits per heavy atom. The average Bonchev–Trinajstić information content (AvgIpc) is 2.29. The number of rotatable bonds is 6. The van der Waals surface area contributed by atoms with Gasteiger partial charge in [0.2, 0.25) is 0 Å². The van der Waals surface area contributed by atoms with Gasteiger partial charge in [-0.1, -0.05) is 31.5 Å². The molecule has 3 nitrogen and oxygen atoms in total. The number of nitrogens with zero attached hydrogens (tertiary/aromatic N) is 1. The van der Waals surface area contributed by atoms with Crippen LogP contribution in [0, 0.1) is 5.82 Å². The number of carboxylic acids is 1. The minimum absolute atomic E-state index is 0.0486. The number of benzene rings is 1. The van der Waals surface area contributed by atoms with Crippen LogP contribution in [-0.2, 0) is 4.79 Å². The molecule has 1 N–H and O–H groups in total. The Balaban J connectivity index is 3.11. The molecule has 0 spiro atoms. The third-order valence-electron chi connectivity index (χ3n) is 2.94. The van der Waals surface area contributed by atoms with Crippen LogP contribution in [0.1, 0.15) is 31.9 Å². The molecule has 1 aromatic rings. The van der Waals surface area contributed by atoms with E-state index in [0.29, 0.717) is 18.7 Å². The van der Waals surface area contributed by atoms with E-state index >= 15 is 0 Å². The molecule has 0 saturated heterocycles. The van der Waals surface area contributed by atoms with E-state index in [0.717, 1.165) is 0 Å². The summed E-state index contributed by atoms with van der Waals surface area (Å²) in [4.78, 5) is 12.9. The molecule has 5 heteroatoms. The smallest absolute Gasteiger partial charge is 0.305 e. The van der Waals surface area contributed by atoms with Gasteiger partial charge in [0.1, 0.15) is 5.82 Å². The first-order chi connectivity index (χ1) is 8.49. The third kappa shape index (κ3) is 3.68. The van der Waals surface area contributed by atoms with Gasteiger partial charge >= 0.3 is 5.97 Å². The Bertz CT molecular complexity index is 421. The quantitative estimate of drug-likeness (QED) is 0.864. The van der Waals surface area contributed by atoms with E-state index in [2.05, 4.69) is 0 Å². The lowest BCUT2D eigenvalue weighted by Gasteiger charge is -2.29. The fourth-order valence-electron chi connectivity index (χ4n) is 2.04. The van der Waals surface area contributed by atoms with Gasteiger partial charge in [-0.15, -0.1) is 0 Å². The molecule has 0 aliphatic heterocycles. The summed E-state index contributed by atoms with van der Waals surface area (Å²) in [6, 6.07) is 3.75. The van der Waals surface area contributed by atoms with Gasteiger partial charge in [-0.05, 0) is 30.8 Å². The molecule has 0 aliphatic rings. The van der Waals surface area contributed by atoms with Gasteiger partial charge in [0, 0.05) is 11.1 Å². The van der Waals surface area contributed by atoms with Crippen LogP contribution in [0.3, 0.4) is 0 Å². The second-order valence-electron chi connectivity index (χ2n) is 4.00. The van der Waals surface area contributed by atoms with Gasteiger partial charge < -0.3 is 5.11 Å². The fourth-order valence-corrected chi connectivity index (χ4v) is 2.33. The van der Waals surface area contributed by atoms with E-state index < -0.39 is 11.8 Å². The highest BCUT2D eigenvalue weighted by Gasteiger charge is 2.23. The zero-order chi connectivity index (χ0) is 13.7. The Labute approximate surface area is 111 Å². The normalized spacial score (nSPS) is 12.7. The standard InChI is InChI=1S/C13H17ClFNO2/c1-3-16(4-2)12(8-13(17)18)10-6-5-9(15)7-11(10)14/h5-7,12H,3-4,8H2,1-2H3,(H,17,18). The number of carboxylic acid groups (broad SMARTS) is 1. The van der Waals surface area contributed by atoms with Crippen molar-refractivity contribution in [3.8, 4) is 0 Å². The molecule has 1 rings (SSSR count). The molecule has 1 unspecified atom stereocenters. The maximum Gasteiger partial charge on any atom is 0.305 e. The lowest BCUT2D eigenvalue weighted by atomic mass is 10.0. The van der Waals surface area contributed by atoms with Gasteiger partial charge in [-0.2, -0.15) is 0 Å². The second-order valence-corrected chi connectivity index (χ2v) is 4.41. The summed E-state index contributed by atoms with van der Waals surface area (Å²) in [5.41, 5.74) is 0.657. The monoisotopic (exact) mass is 273 g/mol. The maximum atomic E-state index is 13.0. The number of hydrogen-bond donors (Lipinski definition) is 1. The van der Waals surface area contributed by atoms with Crippen molar-refractivity contribution in [1.29, 1.82) is 0 Å². The van der Waals surface area contributed by atoms with Crippen molar-refractivity contribution in [2.24, 2.45) is 0 Å². The maximum absolute atomic E-state index is 13.0. The van der Waals surface area contributed by atoms with E-state index in [1.165, 1.54) is 12.1 Å². The van der Waals surface area contributed by atoms with Crippen LogP contribution >= 0.6 is 11.6 Å². The van der Waals surface area contributed by atoms with Crippen LogP contribution < -0.4 is 0 Å². The Morgan fingerprint density at radius 3 is 2.50 bits per heavy atom. The summed E-state index contributed by atoms with van der Waals surface area (Å²) in [5, 5.41) is 9.26. The first kappa shape index (κ1) is 14.9. The Morgan fingerprint density at radius 2 is 2.06 bits per heavy atom. The summed E-state index contributed by atoms with van der Waals surface area (Å²) in [6.45, 7) is 5.33. The van der Waals surface area contributed by atoms with Gasteiger partial charge in [-0.25, -0.2) is 4.39 Å². The molecule has 1 atom stereocenters. The van der Waals surface area contributed by atoms with Crippen LogP contribution in [0.4, 0.5) is 4.39 Å². The van der Waals surface area contributed by atoms with Crippen LogP contribution in [0.15, 0.2) is 18.2 Å². The van der Waals surface area contributed by atoms with Crippen molar-refractivity contribution in [2.75, 3.05) is 13.1 Å². The van der Waals surface area contributed by atoms with E-state index in [4.69, 9.17) is 16.7 Å². The second kappa shape index (κ2) is 6.71. The van der Waals surface area contributed by atoms with Crippen LogP contribution in [-0.4, -0.2) is 29.1 Å². The number of aliphatic carboxylic acids is 1. The molecule has 0 radical (unpaired) electrons. The van der Waals surface area contributed by atoms with Gasteiger partial charge in [0.05, 0.1) is 6.42 Å². The van der Waals surface area contributed by atoms with E-state index in [-0.39, 0.29) is 17.5 Å². The van der Waals surface area contributed by atoms with Gasteiger partial charge in [0.15, 0.2) is 0 Å². The van der Waals surface area contributed by atoms with Crippen molar-refractivity contribution in [2.45, 2.75) is 26.3 Å². The molecule has 0 bridgehead atoms. The predicted molar refractivity (Wildman–Crippen MR) is 69.3 cm³/mol. The molecule has 1 aromatic carbocycles. The molecular formula is C13H17ClFNO2.